The highest BCUT2D eigenvalue weighted by molar-refractivity contribution is 7.14. The van der Waals surface area contributed by atoms with Crippen molar-refractivity contribution >= 4 is 22.9 Å². The number of carbonyl (C=O) groups excluding carboxylic acids is 1. The van der Waals surface area contributed by atoms with Gasteiger partial charge in [-0.3, -0.25) is 14.9 Å². The van der Waals surface area contributed by atoms with E-state index >= 15 is 0 Å². The van der Waals surface area contributed by atoms with Gasteiger partial charge in [-0.25, -0.2) is 0 Å². The lowest BCUT2D eigenvalue weighted by Crippen LogP contribution is -2.44. The first-order valence-electron chi connectivity index (χ1n) is 7.07. The maximum Gasteiger partial charge on any atom is 0.283 e. The van der Waals surface area contributed by atoms with Gasteiger partial charge < -0.3 is 10.0 Å². The molecule has 2 heterocycles. The molecular formula is C14H20N2O4S. The number of hydrogen-bond acceptors (Lipinski definition) is 5. The summed E-state index contributed by atoms with van der Waals surface area (Å²) in [6.07, 6.45) is 2.45. The first-order valence-corrected chi connectivity index (χ1v) is 7.89. The molecule has 0 saturated carbocycles. The van der Waals surface area contributed by atoms with E-state index in [-0.39, 0.29) is 23.6 Å². The summed E-state index contributed by atoms with van der Waals surface area (Å²) in [6.45, 7) is 5.05. The zero-order valence-electron chi connectivity index (χ0n) is 12.3. The zero-order valence-corrected chi connectivity index (χ0v) is 13.1. The molecule has 1 aromatic heterocycles. The zero-order chi connectivity index (χ0) is 15.6. The fourth-order valence-corrected chi connectivity index (χ4v) is 3.68. The maximum absolute atomic E-state index is 12.4. The molecule has 1 aliphatic rings. The average molecular weight is 312 g/mol. The van der Waals surface area contributed by atoms with Crippen molar-refractivity contribution in [2.24, 2.45) is 5.41 Å². The number of nitrogens with zero attached hydrogens (tertiary/aromatic N) is 2. The van der Waals surface area contributed by atoms with E-state index in [1.165, 1.54) is 17.4 Å². The van der Waals surface area contributed by atoms with Crippen LogP contribution in [-0.4, -0.2) is 40.5 Å². The molecule has 0 spiro atoms. The lowest BCUT2D eigenvalue weighted by Gasteiger charge is -2.40. The van der Waals surface area contributed by atoms with Crippen LogP contribution in [0, 0.1) is 22.5 Å². The number of piperidine rings is 1. The van der Waals surface area contributed by atoms with E-state index in [1.54, 1.807) is 11.8 Å². The molecule has 116 valence electrons. The second-order valence-corrected chi connectivity index (χ2v) is 6.87. The smallest absolute Gasteiger partial charge is 0.283 e. The summed E-state index contributed by atoms with van der Waals surface area (Å²) < 4.78 is 0. The van der Waals surface area contributed by atoms with E-state index in [9.17, 15) is 20.0 Å². The molecule has 0 atom stereocenters. The summed E-state index contributed by atoms with van der Waals surface area (Å²) >= 11 is 1.17. The van der Waals surface area contributed by atoms with Crippen LogP contribution in [0.25, 0.3) is 0 Å². The molecule has 7 heteroatoms. The Morgan fingerprint density at radius 3 is 2.57 bits per heavy atom. The number of aliphatic hydroxyl groups is 1. The number of aryl methyl sites for hydroxylation is 1. The minimum Gasteiger partial charge on any atom is -0.396 e. The normalized spacial score (nSPS) is 17.8. The van der Waals surface area contributed by atoms with Crippen LogP contribution < -0.4 is 0 Å². The molecule has 21 heavy (non-hydrogen) atoms. The molecule has 0 aromatic carbocycles. The van der Waals surface area contributed by atoms with Crippen molar-refractivity contribution in [3.63, 3.8) is 0 Å². The van der Waals surface area contributed by atoms with Crippen LogP contribution in [0.4, 0.5) is 5.69 Å². The Morgan fingerprint density at radius 2 is 2.14 bits per heavy atom. The van der Waals surface area contributed by atoms with Crippen molar-refractivity contribution in [3.05, 3.63) is 25.9 Å². The summed E-state index contributed by atoms with van der Waals surface area (Å²) in [4.78, 5) is 25.5. The topological polar surface area (TPSA) is 83.7 Å². The fraction of sp³-hybridized carbons (Fsp3) is 0.643. The molecule has 0 radical (unpaired) electrons. The molecular weight excluding hydrogens is 292 g/mol. The van der Waals surface area contributed by atoms with Crippen molar-refractivity contribution in [1.82, 2.24) is 4.90 Å². The second kappa shape index (κ2) is 6.11. The molecule has 0 aliphatic carbocycles. The van der Waals surface area contributed by atoms with Gasteiger partial charge in [-0.15, -0.1) is 11.3 Å². The van der Waals surface area contributed by atoms with Crippen LogP contribution >= 0.6 is 11.3 Å². The first kappa shape index (κ1) is 15.9. The van der Waals surface area contributed by atoms with Gasteiger partial charge in [0.15, 0.2) is 0 Å². The highest BCUT2D eigenvalue weighted by Crippen LogP contribution is 2.35. The van der Waals surface area contributed by atoms with E-state index in [2.05, 4.69) is 6.92 Å². The number of likely N-dealkylation sites (tertiary alicyclic amines) is 1. The van der Waals surface area contributed by atoms with Gasteiger partial charge in [0.2, 0.25) is 0 Å². The van der Waals surface area contributed by atoms with Gasteiger partial charge in [-0.1, -0.05) is 6.92 Å². The molecule has 1 aliphatic heterocycles. The molecule has 1 fully saturated rings. The monoisotopic (exact) mass is 312 g/mol. The number of nitro groups is 1. The van der Waals surface area contributed by atoms with Crippen molar-refractivity contribution < 1.29 is 14.8 Å². The number of amides is 1. The van der Waals surface area contributed by atoms with E-state index in [0.29, 0.717) is 22.8 Å². The van der Waals surface area contributed by atoms with Crippen LogP contribution in [-0.2, 0) is 0 Å². The summed E-state index contributed by atoms with van der Waals surface area (Å²) in [7, 11) is 0. The van der Waals surface area contributed by atoms with E-state index in [4.69, 9.17) is 0 Å². The summed E-state index contributed by atoms with van der Waals surface area (Å²) in [5.74, 6) is -0.140. The van der Waals surface area contributed by atoms with Crippen LogP contribution in [0.15, 0.2) is 6.07 Å². The Bertz CT molecular complexity index is 541. The van der Waals surface area contributed by atoms with Gasteiger partial charge >= 0.3 is 0 Å². The first-order chi connectivity index (χ1) is 9.92. The highest BCUT2D eigenvalue weighted by atomic mass is 32.1. The Hall–Kier alpha value is -1.47. The van der Waals surface area contributed by atoms with Gasteiger partial charge in [0, 0.05) is 25.8 Å². The van der Waals surface area contributed by atoms with Crippen molar-refractivity contribution in [3.8, 4) is 0 Å². The number of rotatable bonds is 4. The molecule has 1 N–H and O–H groups in total. The second-order valence-electron chi connectivity index (χ2n) is 5.61. The van der Waals surface area contributed by atoms with Crippen molar-refractivity contribution in [2.45, 2.75) is 33.1 Å². The van der Waals surface area contributed by atoms with Crippen LogP contribution in [0.5, 0.6) is 0 Å². The van der Waals surface area contributed by atoms with E-state index in [1.807, 2.05) is 0 Å². The minimum absolute atomic E-state index is 0.0126. The predicted molar refractivity (Wildman–Crippen MR) is 80.7 cm³/mol. The van der Waals surface area contributed by atoms with Gasteiger partial charge in [-0.2, -0.15) is 0 Å². The third-order valence-electron chi connectivity index (χ3n) is 4.50. The molecule has 2 rings (SSSR count). The molecule has 6 nitrogen and oxygen atoms in total. The average Bonchev–Trinajstić information content (AvgIpc) is 2.89. The van der Waals surface area contributed by atoms with Gasteiger partial charge in [-0.05, 0) is 31.6 Å². The van der Waals surface area contributed by atoms with E-state index < -0.39 is 4.92 Å². The number of hydrogen-bond donors (Lipinski definition) is 1. The molecule has 0 bridgehead atoms. The fourth-order valence-electron chi connectivity index (χ4n) is 2.72. The van der Waals surface area contributed by atoms with Gasteiger partial charge in [0.05, 0.1) is 14.7 Å². The number of aliphatic hydroxyl groups excluding tert-OH is 1. The Morgan fingerprint density at radius 1 is 1.52 bits per heavy atom. The van der Waals surface area contributed by atoms with E-state index in [0.717, 1.165) is 19.3 Å². The van der Waals surface area contributed by atoms with Crippen molar-refractivity contribution in [1.29, 1.82) is 0 Å². The Balaban J connectivity index is 2.09. The quantitative estimate of drug-likeness (QED) is 0.684. The maximum atomic E-state index is 12.4. The lowest BCUT2D eigenvalue weighted by atomic mass is 9.77. The standard InChI is InChI=1S/C14H20N2O4S/c1-3-14(9-17)4-6-15(7-5-14)13(18)12-8-11(16(19)20)10(2)21-12/h8,17H,3-7,9H2,1-2H3. The van der Waals surface area contributed by atoms with Gasteiger partial charge in [0.25, 0.3) is 11.6 Å². The predicted octanol–water partition coefficient (Wildman–Crippen LogP) is 2.59. The third-order valence-corrected chi connectivity index (χ3v) is 5.52. The molecule has 1 saturated heterocycles. The SMILES string of the molecule is CCC1(CO)CCN(C(=O)c2cc([N+](=O)[O-])c(C)s2)CC1. The highest BCUT2D eigenvalue weighted by Gasteiger charge is 2.34. The Kier molecular flexibility index (Phi) is 4.63. The van der Waals surface area contributed by atoms with Crippen LogP contribution in [0.1, 0.15) is 40.7 Å². The summed E-state index contributed by atoms with van der Waals surface area (Å²) in [5, 5.41) is 20.4. The molecule has 1 amide bonds. The number of carbonyl (C=O) groups is 1. The van der Waals surface area contributed by atoms with Crippen LogP contribution in [0.2, 0.25) is 0 Å². The molecule has 0 unspecified atom stereocenters. The minimum atomic E-state index is -0.452. The summed E-state index contributed by atoms with van der Waals surface area (Å²) in [5.41, 5.74) is -0.0626. The third kappa shape index (κ3) is 3.08. The summed E-state index contributed by atoms with van der Waals surface area (Å²) in [6, 6.07) is 1.37. The number of thiophene rings is 1. The van der Waals surface area contributed by atoms with Gasteiger partial charge in [0.1, 0.15) is 0 Å². The Labute approximate surface area is 127 Å². The lowest BCUT2D eigenvalue weighted by molar-refractivity contribution is -0.385. The van der Waals surface area contributed by atoms with Crippen LogP contribution in [0.3, 0.4) is 0 Å². The largest absolute Gasteiger partial charge is 0.396 e. The van der Waals surface area contributed by atoms with Crippen molar-refractivity contribution in [2.75, 3.05) is 19.7 Å². The molecule has 1 aromatic rings.